The number of nitrogens with zero attached hydrogens (tertiary/aromatic N) is 3. The zero-order valence-electron chi connectivity index (χ0n) is 10.5. The molecular weight excluding hydrogens is 335 g/mol. The second kappa shape index (κ2) is 5.81. The lowest BCUT2D eigenvalue weighted by atomic mass is 10.2. The topological polar surface area (TPSA) is 50.7 Å². The maximum absolute atomic E-state index is 6.24. The lowest BCUT2D eigenvalue weighted by Gasteiger charge is -2.09. The number of thiazole rings is 1. The van der Waals surface area contributed by atoms with Gasteiger partial charge in [0, 0.05) is 17.8 Å². The minimum absolute atomic E-state index is 0.530. The lowest BCUT2D eigenvalue weighted by molar-refractivity contribution is 1.02. The monoisotopic (exact) mass is 344 g/mol. The quantitative estimate of drug-likeness (QED) is 0.761. The highest BCUT2D eigenvalue weighted by Gasteiger charge is 2.13. The second-order valence-corrected chi connectivity index (χ2v) is 6.50. The number of hydrogen-bond acceptors (Lipinski definition) is 6. The first-order chi connectivity index (χ1) is 9.66. The van der Waals surface area contributed by atoms with Crippen LogP contribution < -0.4 is 5.32 Å². The third-order valence-corrected chi connectivity index (χ3v) is 5.05. The zero-order valence-corrected chi connectivity index (χ0v) is 13.6. The number of rotatable bonds is 4. The van der Waals surface area contributed by atoms with Gasteiger partial charge < -0.3 is 5.32 Å². The predicted octanol–water partition coefficient (Wildman–Crippen LogP) is 4.42. The van der Waals surface area contributed by atoms with Crippen LogP contribution in [0.5, 0.6) is 0 Å². The molecule has 8 heteroatoms. The fourth-order valence-corrected chi connectivity index (χ4v) is 3.87. The summed E-state index contributed by atoms with van der Waals surface area (Å²) >= 11 is 15.1. The van der Waals surface area contributed by atoms with Crippen LogP contribution in [0, 0.1) is 6.92 Å². The third-order valence-electron chi connectivity index (χ3n) is 2.94. The summed E-state index contributed by atoms with van der Waals surface area (Å²) in [5.74, 6) is 0. The number of hydrogen-bond donors (Lipinski definition) is 1. The van der Waals surface area contributed by atoms with Crippen LogP contribution >= 0.6 is 46.3 Å². The van der Waals surface area contributed by atoms with Crippen LogP contribution in [0.2, 0.25) is 10.0 Å². The molecule has 3 aromatic rings. The third kappa shape index (κ3) is 2.61. The number of fused-ring (bicyclic) bond motifs is 1. The lowest BCUT2D eigenvalue weighted by Crippen LogP contribution is -2.06. The molecule has 1 aromatic carbocycles. The van der Waals surface area contributed by atoms with Gasteiger partial charge >= 0.3 is 0 Å². The van der Waals surface area contributed by atoms with E-state index in [1.807, 2.05) is 12.4 Å². The van der Waals surface area contributed by atoms with Gasteiger partial charge in [-0.15, -0.1) is 11.3 Å². The molecule has 2 aromatic heterocycles. The van der Waals surface area contributed by atoms with Crippen molar-refractivity contribution in [3.63, 3.8) is 0 Å². The molecule has 0 radical (unpaired) electrons. The van der Waals surface area contributed by atoms with E-state index in [1.165, 1.54) is 4.88 Å². The minimum atomic E-state index is 0.530. The number of aromatic nitrogens is 3. The molecule has 4 nitrogen and oxygen atoms in total. The summed E-state index contributed by atoms with van der Waals surface area (Å²) < 4.78 is 8.45. The van der Waals surface area contributed by atoms with Gasteiger partial charge in [-0.05, 0) is 13.0 Å². The summed E-state index contributed by atoms with van der Waals surface area (Å²) in [6.45, 7) is 2.78. The molecule has 0 aliphatic heterocycles. The SMILES string of the molecule is Cc1ncsc1CCNc1c(Cl)cc(Cl)c2nsnc12. The van der Waals surface area contributed by atoms with E-state index in [-0.39, 0.29) is 0 Å². The van der Waals surface area contributed by atoms with E-state index < -0.39 is 0 Å². The van der Waals surface area contributed by atoms with Crippen LogP contribution in [-0.2, 0) is 6.42 Å². The molecule has 0 fully saturated rings. The molecular formula is C12H10Cl2N4S2. The fourth-order valence-electron chi connectivity index (χ4n) is 1.91. The average Bonchev–Trinajstić information content (AvgIpc) is 3.03. The molecule has 20 heavy (non-hydrogen) atoms. The van der Waals surface area contributed by atoms with Crippen LogP contribution in [-0.4, -0.2) is 20.3 Å². The van der Waals surface area contributed by atoms with E-state index in [1.54, 1.807) is 17.4 Å². The largest absolute Gasteiger partial charge is 0.382 e. The molecule has 0 atom stereocenters. The highest BCUT2D eigenvalue weighted by atomic mass is 35.5. The van der Waals surface area contributed by atoms with Gasteiger partial charge in [0.15, 0.2) is 0 Å². The van der Waals surface area contributed by atoms with E-state index in [0.717, 1.165) is 41.6 Å². The molecule has 2 heterocycles. The van der Waals surface area contributed by atoms with Crippen LogP contribution in [0.1, 0.15) is 10.6 Å². The van der Waals surface area contributed by atoms with Gasteiger partial charge in [0.2, 0.25) is 0 Å². The first-order valence-electron chi connectivity index (χ1n) is 5.90. The molecule has 0 amide bonds. The normalized spacial score (nSPS) is 11.2. The Balaban J connectivity index is 1.81. The minimum Gasteiger partial charge on any atom is -0.382 e. The second-order valence-electron chi connectivity index (χ2n) is 4.21. The number of nitrogens with one attached hydrogen (secondary N) is 1. The van der Waals surface area contributed by atoms with Gasteiger partial charge in [-0.3, -0.25) is 0 Å². The Kier molecular flexibility index (Phi) is 4.07. The van der Waals surface area contributed by atoms with Crippen LogP contribution in [0.15, 0.2) is 11.6 Å². The Hall–Kier alpha value is -0.950. The van der Waals surface area contributed by atoms with Crippen molar-refractivity contribution in [2.45, 2.75) is 13.3 Å². The molecule has 3 rings (SSSR count). The summed E-state index contributed by atoms with van der Waals surface area (Å²) in [6, 6.07) is 1.70. The standard InChI is InChI=1S/C12H10Cl2N4S2/c1-6-9(19-5-16-6)2-3-15-10-7(13)4-8(14)11-12(10)18-20-17-11/h4-5,15H,2-3H2,1H3. The summed E-state index contributed by atoms with van der Waals surface area (Å²) in [4.78, 5) is 5.51. The van der Waals surface area contributed by atoms with E-state index in [4.69, 9.17) is 23.2 Å². The fraction of sp³-hybridized carbons (Fsp3) is 0.250. The van der Waals surface area contributed by atoms with Crippen molar-refractivity contribution < 1.29 is 0 Å². The van der Waals surface area contributed by atoms with Crippen molar-refractivity contribution >= 4 is 63.0 Å². The maximum atomic E-state index is 6.24. The van der Waals surface area contributed by atoms with Gasteiger partial charge in [0.1, 0.15) is 11.0 Å². The first kappa shape index (κ1) is 14.0. The molecule has 0 aliphatic carbocycles. The molecule has 0 bridgehead atoms. The van der Waals surface area contributed by atoms with Gasteiger partial charge in [0.25, 0.3) is 0 Å². The summed E-state index contributed by atoms with van der Waals surface area (Å²) in [7, 11) is 0. The average molecular weight is 345 g/mol. The predicted molar refractivity (Wildman–Crippen MR) is 86.5 cm³/mol. The maximum Gasteiger partial charge on any atom is 0.130 e. The Morgan fingerprint density at radius 1 is 1.20 bits per heavy atom. The van der Waals surface area contributed by atoms with E-state index in [9.17, 15) is 0 Å². The molecule has 104 valence electrons. The summed E-state index contributed by atoms with van der Waals surface area (Å²) in [5.41, 5.74) is 5.16. The van der Waals surface area contributed by atoms with Crippen molar-refractivity contribution in [1.29, 1.82) is 0 Å². The Morgan fingerprint density at radius 2 is 2.00 bits per heavy atom. The highest BCUT2D eigenvalue weighted by Crippen LogP contribution is 2.35. The number of aryl methyl sites for hydroxylation is 1. The Labute approximate surface area is 134 Å². The number of halogens is 2. The number of anilines is 1. The van der Waals surface area contributed by atoms with Crippen molar-refractivity contribution in [2.24, 2.45) is 0 Å². The van der Waals surface area contributed by atoms with Gasteiger partial charge in [-0.2, -0.15) is 8.75 Å². The molecule has 0 saturated carbocycles. The van der Waals surface area contributed by atoms with Gasteiger partial charge in [-0.1, -0.05) is 23.2 Å². The van der Waals surface area contributed by atoms with Crippen molar-refractivity contribution in [2.75, 3.05) is 11.9 Å². The van der Waals surface area contributed by atoms with Gasteiger partial charge in [-0.25, -0.2) is 4.98 Å². The molecule has 0 spiro atoms. The van der Waals surface area contributed by atoms with Crippen LogP contribution in [0.3, 0.4) is 0 Å². The molecule has 0 saturated heterocycles. The Bertz CT molecular complexity index is 753. The van der Waals surface area contributed by atoms with Crippen LogP contribution in [0.25, 0.3) is 11.0 Å². The molecule has 1 N–H and O–H groups in total. The summed E-state index contributed by atoms with van der Waals surface area (Å²) in [6.07, 6.45) is 0.897. The Morgan fingerprint density at radius 3 is 2.75 bits per heavy atom. The van der Waals surface area contributed by atoms with E-state index in [2.05, 4.69) is 19.0 Å². The van der Waals surface area contributed by atoms with Crippen molar-refractivity contribution in [1.82, 2.24) is 13.7 Å². The smallest absolute Gasteiger partial charge is 0.130 e. The van der Waals surface area contributed by atoms with Crippen molar-refractivity contribution in [3.05, 3.63) is 32.2 Å². The number of benzene rings is 1. The zero-order chi connectivity index (χ0) is 14.1. The van der Waals surface area contributed by atoms with Crippen molar-refractivity contribution in [3.8, 4) is 0 Å². The highest BCUT2D eigenvalue weighted by molar-refractivity contribution is 7.09. The molecule has 0 aliphatic rings. The van der Waals surface area contributed by atoms with E-state index in [0.29, 0.717) is 15.6 Å². The first-order valence-corrected chi connectivity index (χ1v) is 8.26. The van der Waals surface area contributed by atoms with E-state index >= 15 is 0 Å². The summed E-state index contributed by atoms with van der Waals surface area (Å²) in [5, 5.41) is 4.42. The van der Waals surface area contributed by atoms with Crippen LogP contribution in [0.4, 0.5) is 5.69 Å². The molecule has 0 unspecified atom stereocenters. The van der Waals surface area contributed by atoms with Gasteiger partial charge in [0.05, 0.1) is 38.7 Å².